The van der Waals surface area contributed by atoms with Crippen LogP contribution >= 0.6 is 0 Å². The predicted octanol–water partition coefficient (Wildman–Crippen LogP) is 0.709. The Hall–Kier alpha value is -1.13. The minimum absolute atomic E-state index is 0.0814. The molecule has 0 aromatic carbocycles. The highest BCUT2D eigenvalue weighted by atomic mass is 32.2. The standard InChI is InChI=1S/C10H18N2O4S/c1-8(2)7-9(10(13)14)12-17(15,16)6-4-3-5-11/h8-9,12H,3-4,6-7H2,1-2H3,(H,13,14). The fraction of sp³-hybridized carbons (Fsp3) is 0.800. The SMILES string of the molecule is CC(C)CC(NS(=O)(=O)CCCC#N)C(=O)O. The van der Waals surface area contributed by atoms with E-state index in [-0.39, 0.29) is 30.9 Å². The molecule has 0 amide bonds. The van der Waals surface area contributed by atoms with Crippen molar-refractivity contribution in [1.29, 1.82) is 5.26 Å². The molecule has 0 spiro atoms. The highest BCUT2D eigenvalue weighted by Gasteiger charge is 2.24. The Bertz CT molecular complexity index is 384. The van der Waals surface area contributed by atoms with E-state index in [0.717, 1.165) is 0 Å². The van der Waals surface area contributed by atoms with E-state index in [9.17, 15) is 13.2 Å². The molecule has 6 nitrogen and oxygen atoms in total. The number of nitrogens with one attached hydrogen (secondary N) is 1. The molecule has 98 valence electrons. The lowest BCUT2D eigenvalue weighted by Crippen LogP contribution is -2.42. The molecule has 0 radical (unpaired) electrons. The molecule has 0 saturated carbocycles. The number of carboxylic acids is 1. The van der Waals surface area contributed by atoms with Gasteiger partial charge in [-0.2, -0.15) is 5.26 Å². The Morgan fingerprint density at radius 3 is 2.47 bits per heavy atom. The number of hydrogen-bond acceptors (Lipinski definition) is 4. The molecule has 0 saturated heterocycles. The van der Waals surface area contributed by atoms with Crippen molar-refractivity contribution < 1.29 is 18.3 Å². The molecule has 0 heterocycles. The third-order valence-corrected chi connectivity index (χ3v) is 3.50. The summed E-state index contributed by atoms with van der Waals surface area (Å²) in [6, 6.07) is 0.745. The normalized spacial score (nSPS) is 13.3. The highest BCUT2D eigenvalue weighted by Crippen LogP contribution is 2.07. The van der Waals surface area contributed by atoms with Crippen molar-refractivity contribution in [2.24, 2.45) is 5.92 Å². The van der Waals surface area contributed by atoms with Crippen molar-refractivity contribution in [3.05, 3.63) is 0 Å². The molecular weight excluding hydrogens is 244 g/mol. The maximum Gasteiger partial charge on any atom is 0.321 e. The minimum atomic E-state index is -3.63. The van der Waals surface area contributed by atoms with E-state index in [4.69, 9.17) is 10.4 Å². The first kappa shape index (κ1) is 15.9. The van der Waals surface area contributed by atoms with Gasteiger partial charge in [-0.3, -0.25) is 4.79 Å². The molecule has 1 unspecified atom stereocenters. The van der Waals surface area contributed by atoms with Crippen LogP contribution in [0.3, 0.4) is 0 Å². The highest BCUT2D eigenvalue weighted by molar-refractivity contribution is 7.89. The van der Waals surface area contributed by atoms with Crippen LogP contribution in [0.25, 0.3) is 0 Å². The number of carbonyl (C=O) groups is 1. The van der Waals surface area contributed by atoms with Crippen molar-refractivity contribution in [2.45, 2.75) is 39.2 Å². The number of sulfonamides is 1. The molecule has 0 fully saturated rings. The molecule has 0 aliphatic carbocycles. The number of rotatable bonds is 8. The van der Waals surface area contributed by atoms with Gasteiger partial charge < -0.3 is 5.11 Å². The zero-order chi connectivity index (χ0) is 13.5. The van der Waals surface area contributed by atoms with E-state index in [0.29, 0.717) is 0 Å². The summed E-state index contributed by atoms with van der Waals surface area (Å²) in [5.74, 6) is -1.32. The van der Waals surface area contributed by atoms with Gasteiger partial charge in [0.25, 0.3) is 0 Å². The Labute approximate surface area is 102 Å². The van der Waals surface area contributed by atoms with Crippen LogP contribution in [-0.4, -0.2) is 31.3 Å². The molecule has 7 heteroatoms. The summed E-state index contributed by atoms with van der Waals surface area (Å²) >= 11 is 0. The summed E-state index contributed by atoms with van der Waals surface area (Å²) < 4.78 is 25.2. The minimum Gasteiger partial charge on any atom is -0.480 e. The smallest absolute Gasteiger partial charge is 0.321 e. The summed E-state index contributed by atoms with van der Waals surface area (Å²) in [5, 5.41) is 17.2. The molecule has 2 N–H and O–H groups in total. The second kappa shape index (κ2) is 7.25. The zero-order valence-electron chi connectivity index (χ0n) is 10.0. The summed E-state index contributed by atoms with van der Waals surface area (Å²) in [6.07, 6.45) is 0.593. The van der Waals surface area contributed by atoms with Gasteiger partial charge in [0.1, 0.15) is 6.04 Å². The molecule has 0 aromatic rings. The van der Waals surface area contributed by atoms with E-state index < -0.39 is 22.0 Å². The molecule has 0 aliphatic rings. The van der Waals surface area contributed by atoms with Crippen LogP contribution in [0, 0.1) is 17.2 Å². The fourth-order valence-corrected chi connectivity index (χ4v) is 2.56. The maximum atomic E-state index is 11.5. The van der Waals surface area contributed by atoms with Crippen molar-refractivity contribution in [3.63, 3.8) is 0 Å². The third kappa shape index (κ3) is 7.71. The van der Waals surface area contributed by atoms with Gasteiger partial charge in [0.2, 0.25) is 10.0 Å². The average Bonchev–Trinajstić information content (AvgIpc) is 2.15. The van der Waals surface area contributed by atoms with Crippen molar-refractivity contribution in [2.75, 3.05) is 5.75 Å². The van der Waals surface area contributed by atoms with Crippen molar-refractivity contribution >= 4 is 16.0 Å². The number of nitrogens with zero attached hydrogens (tertiary/aromatic N) is 1. The van der Waals surface area contributed by atoms with Gasteiger partial charge >= 0.3 is 5.97 Å². The molecule has 0 rings (SSSR count). The van der Waals surface area contributed by atoms with Crippen LogP contribution < -0.4 is 4.72 Å². The van der Waals surface area contributed by atoms with Gasteiger partial charge in [-0.15, -0.1) is 0 Å². The van der Waals surface area contributed by atoms with Gasteiger partial charge in [0, 0.05) is 6.42 Å². The largest absolute Gasteiger partial charge is 0.480 e. The van der Waals surface area contributed by atoms with Gasteiger partial charge in [-0.05, 0) is 18.8 Å². The lowest BCUT2D eigenvalue weighted by atomic mass is 10.1. The van der Waals surface area contributed by atoms with Crippen LogP contribution in [0.4, 0.5) is 0 Å². The number of aliphatic carboxylic acids is 1. The summed E-state index contributed by atoms with van der Waals surface area (Å²) in [5.41, 5.74) is 0. The second-order valence-corrected chi connectivity index (χ2v) is 6.09. The fourth-order valence-electron chi connectivity index (χ4n) is 1.29. The van der Waals surface area contributed by atoms with Crippen LogP contribution in [0.2, 0.25) is 0 Å². The van der Waals surface area contributed by atoms with E-state index in [1.54, 1.807) is 0 Å². The quantitative estimate of drug-likeness (QED) is 0.626. The first-order valence-electron chi connectivity index (χ1n) is 5.38. The first-order chi connectivity index (χ1) is 7.78. The molecule has 1 atom stereocenters. The van der Waals surface area contributed by atoms with Crippen molar-refractivity contribution in [3.8, 4) is 6.07 Å². The Morgan fingerprint density at radius 1 is 1.47 bits per heavy atom. The van der Waals surface area contributed by atoms with Gasteiger partial charge in [0.05, 0.1) is 11.8 Å². The van der Waals surface area contributed by atoms with E-state index in [2.05, 4.69) is 4.72 Å². The predicted molar refractivity (Wildman–Crippen MR) is 62.6 cm³/mol. The Kier molecular flexibility index (Phi) is 6.76. The van der Waals surface area contributed by atoms with E-state index in [1.165, 1.54) is 0 Å². The average molecular weight is 262 g/mol. The van der Waals surface area contributed by atoms with Gasteiger partial charge in [-0.1, -0.05) is 13.8 Å². The third-order valence-electron chi connectivity index (χ3n) is 2.03. The van der Waals surface area contributed by atoms with Crippen LogP contribution in [-0.2, 0) is 14.8 Å². The summed E-state index contributed by atoms with van der Waals surface area (Å²) in [6.45, 7) is 3.64. The molecule has 0 aliphatic heterocycles. The molecule has 0 bridgehead atoms. The van der Waals surface area contributed by atoms with Gasteiger partial charge in [-0.25, -0.2) is 13.1 Å². The number of unbranched alkanes of at least 4 members (excludes halogenated alkanes) is 1. The zero-order valence-corrected chi connectivity index (χ0v) is 10.8. The summed E-state index contributed by atoms with van der Waals surface area (Å²) in [7, 11) is -3.63. The number of nitriles is 1. The molecular formula is C10H18N2O4S. The number of hydrogen-bond donors (Lipinski definition) is 2. The van der Waals surface area contributed by atoms with Crippen molar-refractivity contribution in [1.82, 2.24) is 4.72 Å². The lowest BCUT2D eigenvalue weighted by molar-refractivity contribution is -0.139. The monoisotopic (exact) mass is 262 g/mol. The van der Waals surface area contributed by atoms with Crippen LogP contribution in [0.15, 0.2) is 0 Å². The first-order valence-corrected chi connectivity index (χ1v) is 7.03. The maximum absolute atomic E-state index is 11.5. The number of carboxylic acid groups (broad SMARTS) is 1. The summed E-state index contributed by atoms with van der Waals surface area (Å²) in [4.78, 5) is 10.9. The van der Waals surface area contributed by atoms with Crippen LogP contribution in [0.1, 0.15) is 33.1 Å². The van der Waals surface area contributed by atoms with Gasteiger partial charge in [0.15, 0.2) is 0 Å². The Balaban J connectivity index is 4.43. The molecule has 17 heavy (non-hydrogen) atoms. The second-order valence-electron chi connectivity index (χ2n) is 4.22. The Morgan fingerprint density at radius 2 is 2.06 bits per heavy atom. The topological polar surface area (TPSA) is 107 Å². The van der Waals surface area contributed by atoms with E-state index >= 15 is 0 Å². The van der Waals surface area contributed by atoms with Crippen LogP contribution in [0.5, 0.6) is 0 Å². The lowest BCUT2D eigenvalue weighted by Gasteiger charge is -2.16. The molecule has 0 aromatic heterocycles. The van der Waals surface area contributed by atoms with E-state index in [1.807, 2.05) is 19.9 Å².